The van der Waals surface area contributed by atoms with Crippen molar-refractivity contribution in [1.82, 2.24) is 15.1 Å². The first kappa shape index (κ1) is 19.2. The van der Waals surface area contributed by atoms with Gasteiger partial charge >= 0.3 is 6.03 Å². The van der Waals surface area contributed by atoms with Crippen LogP contribution in [0.5, 0.6) is 5.88 Å². The molecule has 3 aromatic heterocycles. The monoisotopic (exact) mass is 427 g/mol. The third kappa shape index (κ3) is 4.03. The van der Waals surface area contributed by atoms with E-state index in [4.69, 9.17) is 4.52 Å². The molecule has 148 valence electrons. The Labute approximate surface area is 175 Å². The van der Waals surface area contributed by atoms with Gasteiger partial charge in [-0.15, -0.1) is 12.6 Å². The highest BCUT2D eigenvalue weighted by Crippen LogP contribution is 2.27. The molecule has 0 saturated carbocycles. The maximum atomic E-state index is 12.9. The first-order chi connectivity index (χ1) is 13.9. The average Bonchev–Trinajstić information content (AvgIpc) is 3.26. The number of rotatable bonds is 4. The van der Waals surface area contributed by atoms with Crippen molar-refractivity contribution < 1.29 is 14.4 Å². The van der Waals surface area contributed by atoms with Crippen LogP contribution in [0.3, 0.4) is 0 Å². The highest BCUT2D eigenvalue weighted by Gasteiger charge is 2.21. The van der Waals surface area contributed by atoms with Gasteiger partial charge in [0, 0.05) is 23.4 Å². The van der Waals surface area contributed by atoms with Crippen LogP contribution in [0.25, 0.3) is 21.7 Å². The third-order valence-electron chi connectivity index (χ3n) is 4.13. The van der Waals surface area contributed by atoms with E-state index >= 15 is 0 Å². The quantitative estimate of drug-likeness (QED) is 0.405. The lowest BCUT2D eigenvalue weighted by molar-refractivity contribution is 0.255. The second-order valence-corrected chi connectivity index (χ2v) is 8.21. The van der Waals surface area contributed by atoms with Gasteiger partial charge < -0.3 is 14.9 Å². The summed E-state index contributed by atoms with van der Waals surface area (Å²) in [6, 6.07) is 11.7. The molecule has 0 aliphatic rings. The predicted molar refractivity (Wildman–Crippen MR) is 115 cm³/mol. The molecular weight excluding hydrogens is 410 g/mol. The minimum atomic E-state index is -0.299. The second-order valence-electron chi connectivity index (χ2n) is 6.51. The molecule has 1 aromatic carbocycles. The summed E-state index contributed by atoms with van der Waals surface area (Å²) in [5.41, 5.74) is 2.10. The van der Waals surface area contributed by atoms with Gasteiger partial charge in [0.2, 0.25) is 0 Å². The Bertz CT molecular complexity index is 1170. The summed E-state index contributed by atoms with van der Waals surface area (Å²) in [6.45, 7) is 3.84. The summed E-state index contributed by atoms with van der Waals surface area (Å²) in [7, 11) is 0. The summed E-state index contributed by atoms with van der Waals surface area (Å²) in [6.07, 6.45) is 0. The van der Waals surface area contributed by atoms with Gasteiger partial charge in [0.1, 0.15) is 20.5 Å². The predicted octanol–water partition coefficient (Wildman–Crippen LogP) is 4.79. The number of urea groups is 1. The summed E-state index contributed by atoms with van der Waals surface area (Å²) < 4.78 is 5.65. The van der Waals surface area contributed by atoms with Gasteiger partial charge in [-0.2, -0.15) is 0 Å². The second kappa shape index (κ2) is 7.72. The van der Waals surface area contributed by atoms with Crippen molar-refractivity contribution in [2.24, 2.45) is 0 Å². The van der Waals surface area contributed by atoms with Crippen LogP contribution in [0, 0.1) is 0 Å². The largest absolute Gasteiger partial charge is 0.491 e. The van der Waals surface area contributed by atoms with Crippen molar-refractivity contribution in [2.75, 3.05) is 10.2 Å². The number of pyridine rings is 1. The van der Waals surface area contributed by atoms with Crippen LogP contribution in [0.4, 0.5) is 16.3 Å². The fraction of sp³-hybridized carbons (Fsp3) is 0.158. The highest BCUT2D eigenvalue weighted by atomic mass is 32.2. The molecule has 4 aromatic rings. The number of aromatic hydroxyl groups is 1. The Morgan fingerprint density at radius 2 is 1.97 bits per heavy atom. The number of hydrogen-bond donors (Lipinski definition) is 3. The topological polar surface area (TPSA) is 104 Å². The SMILES string of the molecule is CC(C)N(C(=O)Nc1ccc(-c2cc(O)no2)cc1)c1ccc2nc(S)sc2n1. The van der Waals surface area contributed by atoms with E-state index in [9.17, 15) is 9.90 Å². The Kier molecular flexibility index (Phi) is 5.12. The number of anilines is 2. The molecule has 0 atom stereocenters. The molecule has 8 nitrogen and oxygen atoms in total. The maximum absolute atomic E-state index is 12.9. The molecule has 0 unspecified atom stereocenters. The minimum Gasteiger partial charge on any atom is -0.491 e. The number of nitrogens with zero attached hydrogens (tertiary/aromatic N) is 4. The first-order valence-corrected chi connectivity index (χ1v) is 10.00. The van der Waals surface area contributed by atoms with Crippen molar-refractivity contribution in [2.45, 2.75) is 24.2 Å². The lowest BCUT2D eigenvalue weighted by Crippen LogP contribution is -2.40. The third-order valence-corrected chi connectivity index (χ3v) is 5.27. The molecule has 0 fully saturated rings. The molecule has 10 heteroatoms. The Balaban J connectivity index is 1.55. The zero-order valence-corrected chi connectivity index (χ0v) is 17.2. The van der Waals surface area contributed by atoms with Crippen molar-refractivity contribution in [3.63, 3.8) is 0 Å². The van der Waals surface area contributed by atoms with Crippen molar-refractivity contribution in [3.8, 4) is 17.2 Å². The molecule has 0 aliphatic heterocycles. The number of carbonyl (C=O) groups is 1. The Hall–Kier alpha value is -3.11. The number of thiol groups is 1. The van der Waals surface area contributed by atoms with E-state index in [0.29, 0.717) is 21.6 Å². The van der Waals surface area contributed by atoms with Gasteiger partial charge in [-0.1, -0.05) is 11.3 Å². The van der Waals surface area contributed by atoms with E-state index in [1.54, 1.807) is 35.2 Å². The lowest BCUT2D eigenvalue weighted by atomic mass is 10.1. The number of carbonyl (C=O) groups excluding carboxylic acids is 1. The number of fused-ring (bicyclic) bond motifs is 1. The number of aromatic nitrogens is 3. The summed E-state index contributed by atoms with van der Waals surface area (Å²) in [5, 5.41) is 15.6. The molecule has 0 aliphatic carbocycles. The molecule has 2 N–H and O–H groups in total. The van der Waals surface area contributed by atoms with Crippen LogP contribution in [0.2, 0.25) is 0 Å². The number of amides is 2. The molecule has 0 saturated heterocycles. The number of thiazole rings is 1. The Morgan fingerprint density at radius 3 is 2.62 bits per heavy atom. The van der Waals surface area contributed by atoms with E-state index in [1.807, 2.05) is 19.9 Å². The van der Waals surface area contributed by atoms with E-state index in [2.05, 4.69) is 33.1 Å². The van der Waals surface area contributed by atoms with Gasteiger partial charge in [0.25, 0.3) is 5.88 Å². The summed E-state index contributed by atoms with van der Waals surface area (Å²) >= 11 is 5.63. The zero-order chi connectivity index (χ0) is 20.5. The van der Waals surface area contributed by atoms with Gasteiger partial charge in [-0.25, -0.2) is 14.8 Å². The maximum Gasteiger partial charge on any atom is 0.327 e. The molecule has 4 rings (SSSR count). The summed E-state index contributed by atoms with van der Waals surface area (Å²) in [5.74, 6) is 0.797. The highest BCUT2D eigenvalue weighted by molar-refractivity contribution is 7.82. The van der Waals surface area contributed by atoms with Crippen LogP contribution in [-0.4, -0.2) is 32.3 Å². The van der Waals surface area contributed by atoms with E-state index in [-0.39, 0.29) is 18.0 Å². The van der Waals surface area contributed by atoms with Crippen LogP contribution < -0.4 is 10.2 Å². The van der Waals surface area contributed by atoms with Crippen molar-refractivity contribution in [1.29, 1.82) is 0 Å². The summed E-state index contributed by atoms with van der Waals surface area (Å²) in [4.78, 5) is 24.1. The molecule has 2 amide bonds. The van der Waals surface area contributed by atoms with E-state index in [0.717, 1.165) is 15.9 Å². The fourth-order valence-corrected chi connectivity index (χ4v) is 3.88. The molecule has 0 spiro atoms. The van der Waals surface area contributed by atoms with Crippen LogP contribution in [0.1, 0.15) is 13.8 Å². The van der Waals surface area contributed by atoms with E-state index < -0.39 is 0 Å². The van der Waals surface area contributed by atoms with Crippen LogP contribution in [-0.2, 0) is 0 Å². The molecule has 3 heterocycles. The number of nitrogens with one attached hydrogen (secondary N) is 1. The van der Waals surface area contributed by atoms with Gasteiger partial charge in [-0.05, 0) is 55.4 Å². The molecule has 29 heavy (non-hydrogen) atoms. The molecular formula is C19H17N5O3S2. The van der Waals surface area contributed by atoms with E-state index in [1.165, 1.54) is 17.4 Å². The number of hydrogen-bond acceptors (Lipinski definition) is 8. The number of benzene rings is 1. The minimum absolute atomic E-state index is 0.111. The Morgan fingerprint density at radius 1 is 1.21 bits per heavy atom. The first-order valence-electron chi connectivity index (χ1n) is 8.73. The fourth-order valence-electron chi connectivity index (χ4n) is 2.84. The normalized spacial score (nSPS) is 11.2. The van der Waals surface area contributed by atoms with Gasteiger partial charge in [-0.3, -0.25) is 4.90 Å². The standard InChI is InChI=1S/C19H17N5O3S2/c1-10(2)24(15-8-7-13-17(22-15)29-19(28)21-13)18(26)20-12-5-3-11(4-6-12)14-9-16(25)23-27-14/h3-10H,1-2H3,(H,20,26)(H,21,28)(H,23,25). The van der Waals surface area contributed by atoms with Gasteiger partial charge in [0.15, 0.2) is 5.76 Å². The van der Waals surface area contributed by atoms with Crippen molar-refractivity contribution >= 4 is 51.8 Å². The van der Waals surface area contributed by atoms with Crippen LogP contribution >= 0.6 is 24.0 Å². The molecule has 0 radical (unpaired) electrons. The van der Waals surface area contributed by atoms with Gasteiger partial charge in [0.05, 0.1) is 0 Å². The average molecular weight is 428 g/mol. The van der Waals surface area contributed by atoms with Crippen LogP contribution in [0.15, 0.2) is 51.3 Å². The zero-order valence-electron chi connectivity index (χ0n) is 15.5. The smallest absolute Gasteiger partial charge is 0.327 e. The molecule has 0 bridgehead atoms. The lowest BCUT2D eigenvalue weighted by Gasteiger charge is -2.26. The van der Waals surface area contributed by atoms with Crippen molar-refractivity contribution in [3.05, 3.63) is 42.5 Å².